The Morgan fingerprint density at radius 2 is 1.69 bits per heavy atom. The van der Waals surface area contributed by atoms with Crippen molar-refractivity contribution in [1.82, 2.24) is 9.62 Å². The lowest BCUT2D eigenvalue weighted by molar-refractivity contribution is -0.129. The highest BCUT2D eigenvalue weighted by molar-refractivity contribution is 7.89. The molecule has 0 spiro atoms. The molecule has 0 saturated carbocycles. The van der Waals surface area contributed by atoms with Gasteiger partial charge in [0.1, 0.15) is 10.7 Å². The summed E-state index contributed by atoms with van der Waals surface area (Å²) >= 11 is 6.08. The standard InChI is InChI=1S/C22H26ClFN2O5S/c1-5-26(6-2)32(29,30)20-13-17(9-12-19(20)23)22(28)31-15(4)21(27)25-14(3)16-7-10-18(24)11-8-16/h7-15H,5-6H2,1-4H3,(H,25,27). The van der Waals surface area contributed by atoms with Gasteiger partial charge in [0.05, 0.1) is 16.6 Å². The Bertz CT molecular complexity index is 1070. The maximum atomic E-state index is 13.1. The van der Waals surface area contributed by atoms with E-state index >= 15 is 0 Å². The minimum absolute atomic E-state index is 0.0210. The number of hydrogen-bond donors (Lipinski definition) is 1. The van der Waals surface area contributed by atoms with Crippen LogP contribution < -0.4 is 5.32 Å². The van der Waals surface area contributed by atoms with E-state index in [4.69, 9.17) is 16.3 Å². The Balaban J connectivity index is 2.13. The normalized spacial score (nSPS) is 13.5. The van der Waals surface area contributed by atoms with E-state index in [1.807, 2.05) is 0 Å². The molecular formula is C22H26ClFN2O5S. The maximum absolute atomic E-state index is 13.1. The van der Waals surface area contributed by atoms with Crippen LogP contribution in [-0.4, -0.2) is 43.8 Å². The Morgan fingerprint density at radius 1 is 1.09 bits per heavy atom. The van der Waals surface area contributed by atoms with Crippen molar-refractivity contribution < 1.29 is 27.1 Å². The number of esters is 1. The second-order valence-corrected chi connectivity index (χ2v) is 9.38. The lowest BCUT2D eigenvalue weighted by Crippen LogP contribution is -2.37. The zero-order valence-electron chi connectivity index (χ0n) is 18.3. The minimum Gasteiger partial charge on any atom is -0.449 e. The van der Waals surface area contributed by atoms with Crippen LogP contribution in [0.4, 0.5) is 4.39 Å². The first-order valence-electron chi connectivity index (χ1n) is 10.1. The predicted molar refractivity (Wildman–Crippen MR) is 119 cm³/mol. The highest BCUT2D eigenvalue weighted by Gasteiger charge is 2.27. The number of nitrogens with one attached hydrogen (secondary N) is 1. The monoisotopic (exact) mass is 484 g/mol. The summed E-state index contributed by atoms with van der Waals surface area (Å²) in [6.45, 7) is 6.98. The molecule has 0 aliphatic carbocycles. The summed E-state index contributed by atoms with van der Waals surface area (Å²) in [4.78, 5) is 24.8. The number of halogens is 2. The molecule has 2 rings (SSSR count). The van der Waals surface area contributed by atoms with E-state index in [-0.39, 0.29) is 34.4 Å². The van der Waals surface area contributed by atoms with Gasteiger partial charge in [0.2, 0.25) is 10.0 Å². The van der Waals surface area contributed by atoms with Crippen molar-refractivity contribution in [2.24, 2.45) is 0 Å². The number of carbonyl (C=O) groups is 2. The van der Waals surface area contributed by atoms with Crippen molar-refractivity contribution in [3.8, 4) is 0 Å². The first-order chi connectivity index (χ1) is 15.0. The Kier molecular flexibility index (Phi) is 8.77. The van der Waals surface area contributed by atoms with Gasteiger partial charge in [0.15, 0.2) is 6.10 Å². The van der Waals surface area contributed by atoms with Crippen LogP contribution in [0.2, 0.25) is 5.02 Å². The topological polar surface area (TPSA) is 92.8 Å². The summed E-state index contributed by atoms with van der Waals surface area (Å²) in [5.74, 6) is -1.81. The van der Waals surface area contributed by atoms with Crippen LogP contribution in [0.1, 0.15) is 49.7 Å². The van der Waals surface area contributed by atoms with Crippen LogP contribution in [0.3, 0.4) is 0 Å². The number of carbonyl (C=O) groups excluding carboxylic acids is 2. The van der Waals surface area contributed by atoms with Crippen molar-refractivity contribution in [3.05, 3.63) is 64.4 Å². The molecule has 0 aromatic heterocycles. The van der Waals surface area contributed by atoms with Gasteiger partial charge in [-0.25, -0.2) is 17.6 Å². The molecule has 1 amide bonds. The molecule has 7 nitrogen and oxygen atoms in total. The molecule has 1 N–H and O–H groups in total. The van der Waals surface area contributed by atoms with E-state index in [0.717, 1.165) is 6.07 Å². The van der Waals surface area contributed by atoms with Crippen molar-refractivity contribution in [2.75, 3.05) is 13.1 Å². The molecule has 0 saturated heterocycles. The summed E-state index contributed by atoms with van der Waals surface area (Å²) in [7, 11) is -3.89. The summed E-state index contributed by atoms with van der Waals surface area (Å²) < 4.78 is 45.1. The highest BCUT2D eigenvalue weighted by atomic mass is 35.5. The van der Waals surface area contributed by atoms with Crippen molar-refractivity contribution in [1.29, 1.82) is 0 Å². The van der Waals surface area contributed by atoms with Gasteiger partial charge in [0.25, 0.3) is 5.91 Å². The number of sulfonamides is 1. The van der Waals surface area contributed by atoms with Crippen molar-refractivity contribution in [2.45, 2.75) is 44.7 Å². The van der Waals surface area contributed by atoms with E-state index in [2.05, 4.69) is 5.32 Å². The third kappa shape index (κ3) is 6.05. The molecule has 2 atom stereocenters. The maximum Gasteiger partial charge on any atom is 0.338 e. The Hall–Kier alpha value is -2.49. The van der Waals surface area contributed by atoms with Crippen molar-refractivity contribution >= 4 is 33.5 Å². The average Bonchev–Trinajstić information content (AvgIpc) is 2.74. The molecule has 32 heavy (non-hydrogen) atoms. The van der Waals surface area contributed by atoms with Crippen LogP contribution in [0, 0.1) is 5.82 Å². The third-order valence-electron chi connectivity index (χ3n) is 4.87. The fourth-order valence-corrected chi connectivity index (χ4v) is 4.94. The number of amides is 1. The van der Waals surface area contributed by atoms with Crippen LogP contribution in [0.25, 0.3) is 0 Å². The quantitative estimate of drug-likeness (QED) is 0.544. The first-order valence-corrected chi connectivity index (χ1v) is 11.9. The summed E-state index contributed by atoms with van der Waals surface area (Å²) in [6.07, 6.45) is -1.15. The van der Waals surface area contributed by atoms with Gasteiger partial charge in [0, 0.05) is 13.1 Å². The number of benzene rings is 2. The van der Waals surface area contributed by atoms with E-state index in [1.165, 1.54) is 35.5 Å². The second-order valence-electron chi connectivity index (χ2n) is 7.06. The number of rotatable bonds is 9. The van der Waals surface area contributed by atoms with Crippen LogP contribution in [0.5, 0.6) is 0 Å². The summed E-state index contributed by atoms with van der Waals surface area (Å²) in [5.41, 5.74) is 0.633. The van der Waals surface area contributed by atoms with E-state index in [0.29, 0.717) is 5.56 Å². The lowest BCUT2D eigenvalue weighted by atomic mass is 10.1. The van der Waals surface area contributed by atoms with Gasteiger partial charge in [-0.3, -0.25) is 4.79 Å². The van der Waals surface area contributed by atoms with Gasteiger partial charge in [-0.15, -0.1) is 0 Å². The predicted octanol–water partition coefficient (Wildman–Crippen LogP) is 3.93. The van der Waals surface area contributed by atoms with Crippen LogP contribution in [-0.2, 0) is 19.6 Å². The number of hydrogen-bond acceptors (Lipinski definition) is 5. The van der Waals surface area contributed by atoms with E-state index < -0.39 is 34.0 Å². The molecule has 0 aliphatic heterocycles. The van der Waals surface area contributed by atoms with E-state index in [9.17, 15) is 22.4 Å². The van der Waals surface area contributed by atoms with Crippen LogP contribution in [0.15, 0.2) is 47.4 Å². The molecule has 0 bridgehead atoms. The Morgan fingerprint density at radius 3 is 2.25 bits per heavy atom. The van der Waals surface area contributed by atoms with Gasteiger partial charge >= 0.3 is 5.97 Å². The first kappa shape index (κ1) is 25.8. The van der Waals surface area contributed by atoms with Gasteiger partial charge < -0.3 is 10.1 Å². The molecular weight excluding hydrogens is 459 g/mol. The number of nitrogens with zero attached hydrogens (tertiary/aromatic N) is 1. The number of ether oxygens (including phenoxy) is 1. The van der Waals surface area contributed by atoms with Gasteiger partial charge in [-0.05, 0) is 49.7 Å². The molecule has 10 heteroatoms. The van der Waals surface area contributed by atoms with Gasteiger partial charge in [-0.1, -0.05) is 37.6 Å². The second kappa shape index (κ2) is 10.9. The van der Waals surface area contributed by atoms with Crippen LogP contribution >= 0.6 is 11.6 Å². The fraction of sp³-hybridized carbons (Fsp3) is 0.364. The molecule has 2 unspecified atom stereocenters. The molecule has 0 fully saturated rings. The third-order valence-corrected chi connectivity index (χ3v) is 7.40. The molecule has 0 radical (unpaired) electrons. The lowest BCUT2D eigenvalue weighted by Gasteiger charge is -2.20. The molecule has 0 aliphatic rings. The molecule has 2 aromatic rings. The summed E-state index contributed by atoms with van der Waals surface area (Å²) in [6, 6.07) is 8.99. The largest absolute Gasteiger partial charge is 0.449 e. The average molecular weight is 485 g/mol. The fourth-order valence-electron chi connectivity index (χ4n) is 2.98. The SMILES string of the molecule is CCN(CC)S(=O)(=O)c1cc(C(=O)OC(C)C(=O)NC(C)c2ccc(F)cc2)ccc1Cl. The zero-order valence-corrected chi connectivity index (χ0v) is 19.8. The Labute approximate surface area is 192 Å². The highest BCUT2D eigenvalue weighted by Crippen LogP contribution is 2.26. The molecule has 2 aromatic carbocycles. The molecule has 0 heterocycles. The minimum atomic E-state index is -3.89. The van der Waals surface area contributed by atoms with Crippen molar-refractivity contribution in [3.63, 3.8) is 0 Å². The zero-order chi connectivity index (χ0) is 24.1. The summed E-state index contributed by atoms with van der Waals surface area (Å²) in [5, 5.41) is 2.66. The smallest absolute Gasteiger partial charge is 0.338 e. The van der Waals surface area contributed by atoms with Gasteiger partial charge in [-0.2, -0.15) is 4.31 Å². The van der Waals surface area contributed by atoms with E-state index in [1.54, 1.807) is 32.9 Å². The molecule has 174 valence electrons.